The number of hydrogen-bond donors (Lipinski definition) is 1. The van der Waals surface area contributed by atoms with E-state index < -0.39 is 5.97 Å². The summed E-state index contributed by atoms with van der Waals surface area (Å²) in [6, 6.07) is 6.83. The molecule has 0 saturated heterocycles. The molecule has 0 unspecified atom stereocenters. The average Bonchev–Trinajstić information content (AvgIpc) is 2.89. The van der Waals surface area contributed by atoms with Crippen LogP contribution in [0.4, 0.5) is 0 Å². The van der Waals surface area contributed by atoms with Crippen molar-refractivity contribution in [1.29, 1.82) is 5.26 Å². The van der Waals surface area contributed by atoms with Crippen LogP contribution in [0.25, 0.3) is 16.9 Å². The smallest absolute Gasteiger partial charge is 0.354 e. The molecular weight excluding hydrogens is 258 g/mol. The van der Waals surface area contributed by atoms with Crippen LogP contribution in [-0.2, 0) is 0 Å². The molecule has 7 heteroatoms. The Kier molecular flexibility index (Phi) is 2.62. The molecule has 0 atom stereocenters. The van der Waals surface area contributed by atoms with E-state index in [2.05, 4.69) is 15.1 Å². The first kappa shape index (κ1) is 11.8. The molecular formula is C13H7N5O2. The zero-order valence-electron chi connectivity index (χ0n) is 10.1. The van der Waals surface area contributed by atoms with Gasteiger partial charge >= 0.3 is 5.97 Å². The van der Waals surface area contributed by atoms with Gasteiger partial charge in [0, 0.05) is 18.0 Å². The van der Waals surface area contributed by atoms with Crippen LogP contribution in [0.3, 0.4) is 0 Å². The molecule has 0 aliphatic heterocycles. The minimum Gasteiger partial charge on any atom is -0.477 e. The maximum atomic E-state index is 11.3. The van der Waals surface area contributed by atoms with Gasteiger partial charge in [-0.3, -0.25) is 4.98 Å². The highest BCUT2D eigenvalue weighted by Gasteiger charge is 2.16. The minimum absolute atomic E-state index is 0.0599. The van der Waals surface area contributed by atoms with Crippen molar-refractivity contribution in [1.82, 2.24) is 19.6 Å². The van der Waals surface area contributed by atoms with Crippen molar-refractivity contribution in [3.8, 4) is 17.3 Å². The van der Waals surface area contributed by atoms with Crippen LogP contribution < -0.4 is 0 Å². The van der Waals surface area contributed by atoms with Gasteiger partial charge in [0.15, 0.2) is 11.3 Å². The Hall–Kier alpha value is -3.27. The Morgan fingerprint density at radius 3 is 2.90 bits per heavy atom. The second kappa shape index (κ2) is 4.44. The van der Waals surface area contributed by atoms with Crippen molar-refractivity contribution in [2.24, 2.45) is 0 Å². The number of aromatic nitrogens is 4. The van der Waals surface area contributed by atoms with Crippen LogP contribution in [0, 0.1) is 11.3 Å². The number of aromatic carboxylic acids is 1. The van der Waals surface area contributed by atoms with Crippen molar-refractivity contribution in [3.05, 3.63) is 48.0 Å². The topological polar surface area (TPSA) is 104 Å². The van der Waals surface area contributed by atoms with Gasteiger partial charge < -0.3 is 5.11 Å². The molecule has 0 aliphatic rings. The van der Waals surface area contributed by atoms with E-state index >= 15 is 0 Å². The maximum Gasteiger partial charge on any atom is 0.354 e. The molecule has 3 rings (SSSR count). The first-order chi connectivity index (χ1) is 9.70. The highest BCUT2D eigenvalue weighted by molar-refractivity contribution is 5.88. The van der Waals surface area contributed by atoms with Gasteiger partial charge in [-0.2, -0.15) is 10.4 Å². The fourth-order valence-electron chi connectivity index (χ4n) is 1.86. The summed E-state index contributed by atoms with van der Waals surface area (Å²) in [5, 5.41) is 22.1. The van der Waals surface area contributed by atoms with Crippen molar-refractivity contribution >= 4 is 11.6 Å². The molecule has 7 nitrogen and oxygen atoms in total. The zero-order valence-corrected chi connectivity index (χ0v) is 10.1. The lowest BCUT2D eigenvalue weighted by atomic mass is 10.2. The Balaban J connectivity index is 2.35. The maximum absolute atomic E-state index is 11.3. The highest BCUT2D eigenvalue weighted by Crippen LogP contribution is 2.20. The molecule has 0 aliphatic carbocycles. The molecule has 0 fully saturated rings. The predicted octanol–water partition coefficient (Wildman–Crippen LogP) is 1.36. The molecule has 0 bridgehead atoms. The van der Waals surface area contributed by atoms with E-state index in [9.17, 15) is 9.90 Å². The Bertz CT molecular complexity index is 848. The largest absolute Gasteiger partial charge is 0.477 e. The van der Waals surface area contributed by atoms with E-state index in [0.717, 1.165) is 4.52 Å². The van der Waals surface area contributed by atoms with Gasteiger partial charge in [-0.05, 0) is 18.2 Å². The van der Waals surface area contributed by atoms with E-state index in [0.29, 0.717) is 11.3 Å². The van der Waals surface area contributed by atoms with E-state index in [1.807, 2.05) is 6.07 Å². The van der Waals surface area contributed by atoms with Crippen LogP contribution in [0.5, 0.6) is 0 Å². The number of carboxylic acid groups (broad SMARTS) is 1. The minimum atomic E-state index is -1.14. The van der Waals surface area contributed by atoms with Crippen molar-refractivity contribution in [3.63, 3.8) is 0 Å². The third kappa shape index (κ3) is 1.76. The number of nitriles is 1. The zero-order chi connectivity index (χ0) is 14.1. The first-order valence-corrected chi connectivity index (χ1v) is 5.63. The standard InChI is InChI=1S/C13H7N5O2/c14-5-9-7-16-18-11(13(19)20)4-10(17-12(9)18)8-2-1-3-15-6-8/h1-4,6-7H,(H,19,20). The SMILES string of the molecule is N#Cc1cnn2c(C(=O)O)cc(-c3cccnc3)nc12. The lowest BCUT2D eigenvalue weighted by molar-refractivity contribution is 0.0687. The molecule has 1 N–H and O–H groups in total. The summed E-state index contributed by atoms with van der Waals surface area (Å²) in [6.07, 6.45) is 4.48. The number of hydrogen-bond acceptors (Lipinski definition) is 5. The lowest BCUT2D eigenvalue weighted by Crippen LogP contribution is -2.08. The molecule has 0 saturated carbocycles. The fourth-order valence-corrected chi connectivity index (χ4v) is 1.86. The quantitative estimate of drug-likeness (QED) is 0.750. The van der Waals surface area contributed by atoms with Gasteiger partial charge in [-0.25, -0.2) is 14.3 Å². The van der Waals surface area contributed by atoms with Gasteiger partial charge in [0.05, 0.1) is 11.9 Å². The van der Waals surface area contributed by atoms with Crippen LogP contribution in [0.1, 0.15) is 16.1 Å². The third-order valence-corrected chi connectivity index (χ3v) is 2.77. The van der Waals surface area contributed by atoms with Gasteiger partial charge in [-0.1, -0.05) is 0 Å². The average molecular weight is 265 g/mol. The first-order valence-electron chi connectivity index (χ1n) is 5.63. The summed E-state index contributed by atoms with van der Waals surface area (Å²) in [5.41, 5.74) is 1.47. The van der Waals surface area contributed by atoms with E-state index in [-0.39, 0.29) is 16.9 Å². The second-order valence-corrected chi connectivity index (χ2v) is 3.98. The number of fused-ring (bicyclic) bond motifs is 1. The molecule has 3 heterocycles. The van der Waals surface area contributed by atoms with Crippen LogP contribution in [0.2, 0.25) is 0 Å². The Labute approximate surface area is 112 Å². The summed E-state index contributed by atoms with van der Waals surface area (Å²) in [5.74, 6) is -1.14. The number of carbonyl (C=O) groups is 1. The summed E-state index contributed by atoms with van der Waals surface area (Å²) in [7, 11) is 0. The second-order valence-electron chi connectivity index (χ2n) is 3.98. The summed E-state index contributed by atoms with van der Waals surface area (Å²) in [4.78, 5) is 19.6. The number of rotatable bonds is 2. The number of nitrogens with zero attached hydrogens (tertiary/aromatic N) is 5. The van der Waals surface area contributed by atoms with E-state index in [4.69, 9.17) is 5.26 Å². The van der Waals surface area contributed by atoms with Gasteiger partial charge in [-0.15, -0.1) is 0 Å². The van der Waals surface area contributed by atoms with E-state index in [1.165, 1.54) is 12.3 Å². The Morgan fingerprint density at radius 1 is 1.40 bits per heavy atom. The number of carboxylic acids is 1. The lowest BCUT2D eigenvalue weighted by Gasteiger charge is -2.04. The van der Waals surface area contributed by atoms with Crippen LogP contribution in [-0.4, -0.2) is 30.7 Å². The third-order valence-electron chi connectivity index (χ3n) is 2.77. The van der Waals surface area contributed by atoms with Gasteiger partial charge in [0.2, 0.25) is 0 Å². The van der Waals surface area contributed by atoms with Crippen molar-refractivity contribution < 1.29 is 9.90 Å². The fraction of sp³-hybridized carbons (Fsp3) is 0. The van der Waals surface area contributed by atoms with Crippen molar-refractivity contribution in [2.75, 3.05) is 0 Å². The van der Waals surface area contributed by atoms with Gasteiger partial charge in [0.25, 0.3) is 0 Å². The molecule has 0 spiro atoms. The summed E-state index contributed by atoms with van der Waals surface area (Å²) >= 11 is 0. The molecule has 0 aromatic carbocycles. The Morgan fingerprint density at radius 2 is 2.25 bits per heavy atom. The molecule has 96 valence electrons. The summed E-state index contributed by atoms with van der Waals surface area (Å²) in [6.45, 7) is 0. The number of pyridine rings is 1. The molecule has 3 aromatic heterocycles. The van der Waals surface area contributed by atoms with Gasteiger partial charge in [0.1, 0.15) is 11.6 Å². The molecule has 0 radical (unpaired) electrons. The normalized spacial score (nSPS) is 10.3. The molecule has 3 aromatic rings. The molecule has 20 heavy (non-hydrogen) atoms. The van der Waals surface area contributed by atoms with Crippen molar-refractivity contribution in [2.45, 2.75) is 0 Å². The van der Waals surface area contributed by atoms with Crippen LogP contribution >= 0.6 is 0 Å². The predicted molar refractivity (Wildman–Crippen MR) is 67.9 cm³/mol. The molecule has 0 amide bonds. The summed E-state index contributed by atoms with van der Waals surface area (Å²) < 4.78 is 1.14. The van der Waals surface area contributed by atoms with Crippen LogP contribution in [0.15, 0.2) is 36.8 Å². The monoisotopic (exact) mass is 265 g/mol. The highest BCUT2D eigenvalue weighted by atomic mass is 16.4. The van der Waals surface area contributed by atoms with E-state index in [1.54, 1.807) is 24.5 Å².